The number of ketones is 1. The van der Waals surface area contributed by atoms with Gasteiger partial charge in [0.1, 0.15) is 0 Å². The summed E-state index contributed by atoms with van der Waals surface area (Å²) in [5, 5.41) is 0. The van der Waals surface area contributed by atoms with Crippen LogP contribution in [0.4, 0.5) is 0 Å². The number of hydrogen-bond donors (Lipinski definition) is 1. The zero-order valence-corrected chi connectivity index (χ0v) is 13.0. The second kappa shape index (κ2) is 5.30. The van der Waals surface area contributed by atoms with Crippen molar-refractivity contribution >= 4 is 15.8 Å². The normalized spacial score (nSPS) is 16.1. The van der Waals surface area contributed by atoms with Gasteiger partial charge in [0, 0.05) is 17.5 Å². The van der Waals surface area contributed by atoms with Gasteiger partial charge in [0.2, 0.25) is 10.0 Å². The lowest BCUT2D eigenvalue weighted by Crippen LogP contribution is -2.45. The second-order valence-electron chi connectivity index (χ2n) is 5.91. The van der Waals surface area contributed by atoms with Gasteiger partial charge in [-0.1, -0.05) is 19.1 Å². The highest BCUT2D eigenvalue weighted by atomic mass is 32.2. The first-order valence-electron chi connectivity index (χ1n) is 6.93. The Bertz CT molecular complexity index is 616. The van der Waals surface area contributed by atoms with E-state index in [0.29, 0.717) is 17.9 Å². The van der Waals surface area contributed by atoms with Gasteiger partial charge in [0.05, 0.1) is 4.90 Å². The van der Waals surface area contributed by atoms with Gasteiger partial charge in [-0.25, -0.2) is 13.1 Å². The van der Waals surface area contributed by atoms with Crippen molar-refractivity contribution in [1.82, 2.24) is 4.72 Å². The largest absolute Gasteiger partial charge is 0.294 e. The predicted octanol–water partition coefficient (Wildman–Crippen LogP) is 2.75. The van der Waals surface area contributed by atoms with Crippen LogP contribution >= 0.6 is 0 Å². The smallest absolute Gasteiger partial charge is 0.241 e. The maximum Gasteiger partial charge on any atom is 0.241 e. The molecule has 2 rings (SSSR count). The Kier molecular flexibility index (Phi) is 4.02. The molecule has 0 aromatic heterocycles. The van der Waals surface area contributed by atoms with E-state index < -0.39 is 15.6 Å². The molecule has 0 amide bonds. The minimum absolute atomic E-state index is 0.0523. The third-order valence-corrected chi connectivity index (χ3v) is 5.45. The molecule has 1 aliphatic carbocycles. The van der Waals surface area contributed by atoms with Crippen LogP contribution in [0, 0.1) is 5.92 Å². The molecular weight excluding hydrogens is 274 g/mol. The summed E-state index contributed by atoms with van der Waals surface area (Å²) in [7, 11) is -3.59. The Morgan fingerprint density at radius 2 is 2.00 bits per heavy atom. The summed E-state index contributed by atoms with van der Waals surface area (Å²) in [6, 6.07) is 6.24. The maximum absolute atomic E-state index is 12.4. The van der Waals surface area contributed by atoms with Gasteiger partial charge in [-0.15, -0.1) is 0 Å². The number of carbonyl (C=O) groups is 1. The molecule has 110 valence electrons. The van der Waals surface area contributed by atoms with E-state index in [0.717, 1.165) is 12.8 Å². The van der Waals surface area contributed by atoms with E-state index in [1.165, 1.54) is 12.1 Å². The average molecular weight is 295 g/mol. The fraction of sp³-hybridized carbons (Fsp3) is 0.533. The molecule has 0 saturated heterocycles. The van der Waals surface area contributed by atoms with Crippen LogP contribution in [0.15, 0.2) is 29.2 Å². The second-order valence-corrected chi connectivity index (χ2v) is 7.59. The summed E-state index contributed by atoms with van der Waals surface area (Å²) in [6.07, 6.45) is 2.48. The molecule has 5 heteroatoms. The van der Waals surface area contributed by atoms with Crippen LogP contribution in [0.2, 0.25) is 0 Å². The van der Waals surface area contributed by atoms with Crippen LogP contribution in [0.25, 0.3) is 0 Å². The molecule has 0 spiro atoms. The summed E-state index contributed by atoms with van der Waals surface area (Å²) in [4.78, 5) is 11.8. The van der Waals surface area contributed by atoms with Gasteiger partial charge in [0.15, 0.2) is 5.78 Å². The highest BCUT2D eigenvalue weighted by Crippen LogP contribution is 2.39. The Labute approximate surface area is 120 Å². The first kappa shape index (κ1) is 15.2. The molecule has 0 atom stereocenters. The van der Waals surface area contributed by atoms with E-state index in [9.17, 15) is 13.2 Å². The van der Waals surface area contributed by atoms with E-state index >= 15 is 0 Å². The van der Waals surface area contributed by atoms with Crippen molar-refractivity contribution in [2.24, 2.45) is 5.92 Å². The van der Waals surface area contributed by atoms with Gasteiger partial charge < -0.3 is 0 Å². The van der Waals surface area contributed by atoms with Gasteiger partial charge >= 0.3 is 0 Å². The topological polar surface area (TPSA) is 63.2 Å². The van der Waals surface area contributed by atoms with Crippen LogP contribution in [0.3, 0.4) is 0 Å². The van der Waals surface area contributed by atoms with E-state index in [2.05, 4.69) is 4.72 Å². The van der Waals surface area contributed by atoms with E-state index in [1.807, 2.05) is 13.8 Å². The fourth-order valence-corrected chi connectivity index (χ4v) is 3.85. The molecule has 1 aromatic rings. The molecule has 1 saturated carbocycles. The zero-order chi connectivity index (χ0) is 15.0. The van der Waals surface area contributed by atoms with Crippen molar-refractivity contribution in [3.63, 3.8) is 0 Å². The summed E-state index contributed by atoms with van der Waals surface area (Å²) < 4.78 is 27.6. The van der Waals surface area contributed by atoms with Crippen LogP contribution < -0.4 is 4.72 Å². The van der Waals surface area contributed by atoms with Gasteiger partial charge in [-0.2, -0.15) is 0 Å². The highest BCUT2D eigenvalue weighted by Gasteiger charge is 2.40. The Morgan fingerprint density at radius 3 is 2.55 bits per heavy atom. The minimum Gasteiger partial charge on any atom is -0.294 e. The SMILES string of the molecule is CCC(=O)c1cccc(S(=O)(=O)NC(C)(C)C2CC2)c1. The number of benzene rings is 1. The molecule has 1 aliphatic rings. The number of Topliss-reactive ketones (excluding diaryl/α,β-unsaturated/α-hetero) is 1. The van der Waals surface area contributed by atoms with Gasteiger partial charge in [-0.3, -0.25) is 4.79 Å². The molecule has 20 heavy (non-hydrogen) atoms. The summed E-state index contributed by atoms with van der Waals surface area (Å²) in [6.45, 7) is 5.57. The number of sulfonamides is 1. The number of carbonyl (C=O) groups excluding carboxylic acids is 1. The number of nitrogens with one attached hydrogen (secondary N) is 1. The summed E-state index contributed by atoms with van der Waals surface area (Å²) >= 11 is 0. The van der Waals surface area contributed by atoms with Crippen LogP contribution in [-0.4, -0.2) is 19.7 Å². The average Bonchev–Trinajstić information content (AvgIpc) is 3.21. The van der Waals surface area contributed by atoms with Crippen molar-refractivity contribution < 1.29 is 13.2 Å². The van der Waals surface area contributed by atoms with Crippen LogP contribution in [0.1, 0.15) is 50.4 Å². The molecular formula is C15H21NO3S. The highest BCUT2D eigenvalue weighted by molar-refractivity contribution is 7.89. The third-order valence-electron chi connectivity index (χ3n) is 3.78. The third kappa shape index (κ3) is 3.27. The van der Waals surface area contributed by atoms with Crippen molar-refractivity contribution in [3.8, 4) is 0 Å². The van der Waals surface area contributed by atoms with Gasteiger partial charge in [0.25, 0.3) is 0 Å². The Morgan fingerprint density at radius 1 is 1.35 bits per heavy atom. The standard InChI is InChI=1S/C15H21NO3S/c1-4-14(17)11-6-5-7-13(10-11)20(18,19)16-15(2,3)12-8-9-12/h5-7,10,12,16H,4,8-9H2,1-3H3. The molecule has 1 aromatic carbocycles. The molecule has 4 nitrogen and oxygen atoms in total. The fourth-order valence-electron chi connectivity index (χ4n) is 2.33. The molecule has 0 radical (unpaired) electrons. The van der Waals surface area contributed by atoms with Crippen molar-refractivity contribution in [1.29, 1.82) is 0 Å². The monoisotopic (exact) mass is 295 g/mol. The lowest BCUT2D eigenvalue weighted by molar-refractivity contribution is 0.0988. The summed E-state index contributed by atoms with van der Waals surface area (Å²) in [5.41, 5.74) is 0.00321. The van der Waals surface area contributed by atoms with Crippen molar-refractivity contribution in [2.45, 2.75) is 50.5 Å². The van der Waals surface area contributed by atoms with Gasteiger partial charge in [-0.05, 0) is 44.7 Å². The number of rotatable bonds is 6. The maximum atomic E-state index is 12.4. The number of hydrogen-bond acceptors (Lipinski definition) is 3. The summed E-state index contributed by atoms with van der Waals surface area (Å²) in [5.74, 6) is 0.348. The lowest BCUT2D eigenvalue weighted by atomic mass is 10.0. The first-order valence-corrected chi connectivity index (χ1v) is 8.42. The van der Waals surface area contributed by atoms with E-state index in [-0.39, 0.29) is 10.7 Å². The minimum atomic E-state index is -3.59. The molecule has 1 N–H and O–H groups in total. The lowest BCUT2D eigenvalue weighted by Gasteiger charge is -2.25. The molecule has 0 bridgehead atoms. The molecule has 1 fully saturated rings. The van der Waals surface area contributed by atoms with E-state index in [4.69, 9.17) is 0 Å². The van der Waals surface area contributed by atoms with E-state index in [1.54, 1.807) is 19.1 Å². The Balaban J connectivity index is 2.27. The first-order chi connectivity index (χ1) is 9.26. The van der Waals surface area contributed by atoms with Crippen molar-refractivity contribution in [2.75, 3.05) is 0 Å². The zero-order valence-electron chi connectivity index (χ0n) is 12.1. The molecule has 0 aliphatic heterocycles. The van der Waals surface area contributed by atoms with Crippen LogP contribution in [0.5, 0.6) is 0 Å². The Hall–Kier alpha value is -1.20. The molecule has 0 unspecified atom stereocenters. The molecule has 0 heterocycles. The predicted molar refractivity (Wildman–Crippen MR) is 78.2 cm³/mol. The van der Waals surface area contributed by atoms with Crippen molar-refractivity contribution in [3.05, 3.63) is 29.8 Å². The van der Waals surface area contributed by atoms with Crippen LogP contribution in [-0.2, 0) is 10.0 Å². The quantitative estimate of drug-likeness (QED) is 0.821.